The van der Waals surface area contributed by atoms with Gasteiger partial charge in [-0.3, -0.25) is 9.10 Å². The van der Waals surface area contributed by atoms with Crippen LogP contribution < -0.4 is 9.04 Å². The Bertz CT molecular complexity index is 829. The zero-order valence-electron chi connectivity index (χ0n) is 15.1. The summed E-state index contributed by atoms with van der Waals surface area (Å²) in [4.78, 5) is 12.0. The maximum Gasteiger partial charge on any atom is 0.326 e. The van der Waals surface area contributed by atoms with Crippen molar-refractivity contribution in [3.63, 3.8) is 0 Å². The molecule has 2 aromatic carbocycles. The summed E-state index contributed by atoms with van der Waals surface area (Å²) in [6.07, 6.45) is 0. The quantitative estimate of drug-likeness (QED) is 0.661. The maximum absolute atomic E-state index is 13.1. The predicted octanol–water partition coefficient (Wildman–Crippen LogP) is 3.15. The zero-order valence-corrected chi connectivity index (χ0v) is 16.0. The van der Waals surface area contributed by atoms with Gasteiger partial charge in [-0.05, 0) is 57.2 Å². The Morgan fingerprint density at radius 3 is 2.12 bits per heavy atom. The number of sulfonamides is 1. The molecule has 0 atom stereocenters. The summed E-state index contributed by atoms with van der Waals surface area (Å²) in [5, 5.41) is 0. The second-order valence-electron chi connectivity index (χ2n) is 5.56. The van der Waals surface area contributed by atoms with Gasteiger partial charge in [0.2, 0.25) is 0 Å². The van der Waals surface area contributed by atoms with Crippen LogP contribution in [-0.4, -0.2) is 34.1 Å². The zero-order chi connectivity index (χ0) is 19.2. The van der Waals surface area contributed by atoms with Crippen molar-refractivity contribution >= 4 is 21.7 Å². The van der Waals surface area contributed by atoms with E-state index in [-0.39, 0.29) is 11.5 Å². The highest BCUT2D eigenvalue weighted by Crippen LogP contribution is 2.25. The first-order valence-corrected chi connectivity index (χ1v) is 9.80. The van der Waals surface area contributed by atoms with E-state index < -0.39 is 22.5 Å². The van der Waals surface area contributed by atoms with Crippen LogP contribution in [0.2, 0.25) is 0 Å². The molecule has 0 saturated heterocycles. The van der Waals surface area contributed by atoms with E-state index in [2.05, 4.69) is 0 Å². The smallest absolute Gasteiger partial charge is 0.326 e. The number of ether oxygens (including phenoxy) is 2. The van der Waals surface area contributed by atoms with E-state index in [9.17, 15) is 13.2 Å². The minimum Gasteiger partial charge on any atom is -0.494 e. The molecule has 0 amide bonds. The van der Waals surface area contributed by atoms with Crippen molar-refractivity contribution < 1.29 is 22.7 Å². The molecule has 0 aromatic heterocycles. The summed E-state index contributed by atoms with van der Waals surface area (Å²) in [5.74, 6) is -0.0266. The molecule has 0 N–H and O–H groups in total. The Labute approximate surface area is 154 Å². The third kappa shape index (κ3) is 4.76. The molecule has 140 valence electrons. The first-order valence-electron chi connectivity index (χ1n) is 8.36. The molecule has 26 heavy (non-hydrogen) atoms. The third-order valence-corrected chi connectivity index (χ3v) is 5.41. The Kier molecular flexibility index (Phi) is 6.63. The summed E-state index contributed by atoms with van der Waals surface area (Å²) in [6, 6.07) is 13.0. The Morgan fingerprint density at radius 2 is 1.58 bits per heavy atom. The van der Waals surface area contributed by atoms with Gasteiger partial charge in [-0.1, -0.05) is 17.7 Å². The molecule has 0 saturated carbocycles. The van der Waals surface area contributed by atoms with E-state index in [1.807, 2.05) is 13.8 Å². The van der Waals surface area contributed by atoms with Crippen molar-refractivity contribution in [1.82, 2.24) is 0 Å². The van der Waals surface area contributed by atoms with E-state index in [1.54, 1.807) is 43.3 Å². The van der Waals surface area contributed by atoms with Crippen LogP contribution in [0, 0.1) is 6.92 Å². The standard InChI is InChI=1S/C19H23NO5S/c1-4-24-17-10-12-18(13-11-17)26(22,23)20(14-19(21)25-5-2)16-8-6-15(3)7-9-16/h6-13H,4-5,14H2,1-3H3. The molecule has 0 radical (unpaired) electrons. The molecular weight excluding hydrogens is 354 g/mol. The minimum absolute atomic E-state index is 0.0748. The van der Waals surface area contributed by atoms with Crippen molar-refractivity contribution in [2.24, 2.45) is 0 Å². The molecule has 6 nitrogen and oxygen atoms in total. The van der Waals surface area contributed by atoms with Crippen molar-refractivity contribution in [3.05, 3.63) is 54.1 Å². The Morgan fingerprint density at radius 1 is 0.962 bits per heavy atom. The molecule has 0 unspecified atom stereocenters. The number of anilines is 1. The number of hydrogen-bond donors (Lipinski definition) is 0. The second-order valence-corrected chi connectivity index (χ2v) is 7.42. The molecule has 0 spiro atoms. The number of nitrogens with zero attached hydrogens (tertiary/aromatic N) is 1. The molecule has 0 bridgehead atoms. The van der Waals surface area contributed by atoms with Crippen molar-refractivity contribution in [2.45, 2.75) is 25.7 Å². The van der Waals surface area contributed by atoms with Gasteiger partial charge in [0.05, 0.1) is 23.8 Å². The largest absolute Gasteiger partial charge is 0.494 e. The van der Waals surface area contributed by atoms with E-state index in [0.717, 1.165) is 9.87 Å². The molecule has 7 heteroatoms. The van der Waals surface area contributed by atoms with Crippen LogP contribution in [0.1, 0.15) is 19.4 Å². The fraction of sp³-hybridized carbons (Fsp3) is 0.316. The molecule has 0 heterocycles. The average molecular weight is 377 g/mol. The van der Waals surface area contributed by atoms with Crippen LogP contribution in [0.15, 0.2) is 53.4 Å². The lowest BCUT2D eigenvalue weighted by molar-refractivity contribution is -0.141. The molecule has 0 fully saturated rings. The predicted molar refractivity (Wildman–Crippen MR) is 100.0 cm³/mol. The summed E-state index contributed by atoms with van der Waals surface area (Å²) in [7, 11) is -3.94. The van der Waals surface area contributed by atoms with Crippen LogP contribution >= 0.6 is 0 Å². The number of esters is 1. The third-order valence-electron chi connectivity index (χ3n) is 3.62. The van der Waals surface area contributed by atoms with Crippen LogP contribution in [0.25, 0.3) is 0 Å². The fourth-order valence-electron chi connectivity index (χ4n) is 2.35. The lowest BCUT2D eigenvalue weighted by atomic mass is 10.2. The maximum atomic E-state index is 13.1. The first-order chi connectivity index (χ1) is 12.4. The lowest BCUT2D eigenvalue weighted by Gasteiger charge is -2.24. The van der Waals surface area contributed by atoms with Gasteiger partial charge in [0.25, 0.3) is 10.0 Å². The van der Waals surface area contributed by atoms with Crippen molar-refractivity contribution in [2.75, 3.05) is 24.1 Å². The highest BCUT2D eigenvalue weighted by Gasteiger charge is 2.27. The topological polar surface area (TPSA) is 72.9 Å². The number of rotatable bonds is 8. The molecule has 0 aliphatic rings. The second kappa shape index (κ2) is 8.71. The van der Waals surface area contributed by atoms with E-state index in [4.69, 9.17) is 9.47 Å². The lowest BCUT2D eigenvalue weighted by Crippen LogP contribution is -2.36. The summed E-state index contributed by atoms with van der Waals surface area (Å²) in [6.45, 7) is 5.71. The van der Waals surface area contributed by atoms with E-state index in [1.165, 1.54) is 12.1 Å². The minimum atomic E-state index is -3.94. The van der Waals surface area contributed by atoms with E-state index >= 15 is 0 Å². The van der Waals surface area contributed by atoms with Crippen LogP contribution in [0.5, 0.6) is 5.75 Å². The van der Waals surface area contributed by atoms with Crippen LogP contribution in [-0.2, 0) is 19.6 Å². The Hall–Kier alpha value is -2.54. The number of hydrogen-bond acceptors (Lipinski definition) is 5. The number of aryl methyl sites for hydroxylation is 1. The van der Waals surface area contributed by atoms with E-state index in [0.29, 0.717) is 18.0 Å². The fourth-order valence-corrected chi connectivity index (χ4v) is 3.76. The normalized spacial score (nSPS) is 11.0. The first kappa shape index (κ1) is 19.8. The summed E-state index contributed by atoms with van der Waals surface area (Å²) < 4.78 is 37.5. The monoisotopic (exact) mass is 377 g/mol. The SMILES string of the molecule is CCOC(=O)CN(c1ccc(C)cc1)S(=O)(=O)c1ccc(OCC)cc1. The van der Waals surface area contributed by atoms with Gasteiger partial charge >= 0.3 is 5.97 Å². The van der Waals surface area contributed by atoms with Gasteiger partial charge in [-0.25, -0.2) is 8.42 Å². The van der Waals surface area contributed by atoms with Gasteiger partial charge in [0, 0.05) is 0 Å². The molecular formula is C19H23NO5S. The molecule has 0 aliphatic carbocycles. The number of carbonyl (C=O) groups excluding carboxylic acids is 1. The molecule has 2 rings (SSSR count). The average Bonchev–Trinajstić information content (AvgIpc) is 2.61. The Balaban J connectivity index is 2.41. The highest BCUT2D eigenvalue weighted by atomic mass is 32.2. The van der Waals surface area contributed by atoms with Crippen molar-refractivity contribution in [3.8, 4) is 5.75 Å². The number of carbonyl (C=O) groups is 1. The van der Waals surface area contributed by atoms with Crippen LogP contribution in [0.3, 0.4) is 0 Å². The van der Waals surface area contributed by atoms with Gasteiger partial charge < -0.3 is 9.47 Å². The summed E-state index contributed by atoms with van der Waals surface area (Å²) >= 11 is 0. The van der Waals surface area contributed by atoms with Gasteiger partial charge in [-0.2, -0.15) is 0 Å². The van der Waals surface area contributed by atoms with Gasteiger partial charge in [-0.15, -0.1) is 0 Å². The number of benzene rings is 2. The van der Waals surface area contributed by atoms with Crippen molar-refractivity contribution in [1.29, 1.82) is 0 Å². The van der Waals surface area contributed by atoms with Crippen LogP contribution in [0.4, 0.5) is 5.69 Å². The molecule has 2 aromatic rings. The van der Waals surface area contributed by atoms with Gasteiger partial charge in [0.15, 0.2) is 0 Å². The summed E-state index contributed by atoms with van der Waals surface area (Å²) in [5.41, 5.74) is 1.39. The molecule has 0 aliphatic heterocycles. The highest BCUT2D eigenvalue weighted by molar-refractivity contribution is 7.92. The van der Waals surface area contributed by atoms with Gasteiger partial charge in [0.1, 0.15) is 12.3 Å².